The molecule has 2 nitrogen and oxygen atoms in total. The van der Waals surface area contributed by atoms with Gasteiger partial charge in [-0.15, -0.1) is 0 Å². The summed E-state index contributed by atoms with van der Waals surface area (Å²) in [6.07, 6.45) is 4.88. The Labute approximate surface area is 91.4 Å². The van der Waals surface area contributed by atoms with Crippen LogP contribution in [0.3, 0.4) is 0 Å². The third kappa shape index (κ3) is 2.51. The van der Waals surface area contributed by atoms with Crippen molar-refractivity contribution in [1.82, 2.24) is 0 Å². The van der Waals surface area contributed by atoms with E-state index in [1.54, 1.807) is 0 Å². The fourth-order valence-electron chi connectivity index (χ4n) is 2.12. The molecule has 2 heteroatoms. The zero-order valence-corrected chi connectivity index (χ0v) is 9.28. The Balaban J connectivity index is 2.04. The maximum Gasteiger partial charge on any atom is 0.122 e. The Morgan fingerprint density at radius 3 is 2.67 bits per heavy atom. The van der Waals surface area contributed by atoms with E-state index in [1.165, 1.54) is 18.4 Å². The first kappa shape index (κ1) is 10.5. The maximum absolute atomic E-state index is 6.05. The number of benzene rings is 1. The number of hydrogen-bond acceptors (Lipinski definition) is 2. The molecule has 0 spiro atoms. The highest BCUT2D eigenvalue weighted by molar-refractivity contribution is 5.32. The van der Waals surface area contributed by atoms with Crippen LogP contribution in [0, 0.1) is 6.92 Å². The van der Waals surface area contributed by atoms with Gasteiger partial charge in [0.1, 0.15) is 11.9 Å². The molecule has 0 bridgehead atoms. The van der Waals surface area contributed by atoms with Crippen LogP contribution in [-0.2, 0) is 0 Å². The van der Waals surface area contributed by atoms with Gasteiger partial charge in [-0.05, 0) is 37.8 Å². The van der Waals surface area contributed by atoms with Gasteiger partial charge >= 0.3 is 0 Å². The van der Waals surface area contributed by atoms with Crippen molar-refractivity contribution in [3.63, 3.8) is 0 Å². The van der Waals surface area contributed by atoms with E-state index in [1.807, 2.05) is 18.2 Å². The molecule has 1 saturated carbocycles. The summed E-state index contributed by atoms with van der Waals surface area (Å²) in [5.74, 6) is 0.986. The Kier molecular flexibility index (Phi) is 3.27. The second-order valence-corrected chi connectivity index (χ2v) is 4.37. The number of nitrogens with two attached hydrogens (primary N) is 1. The summed E-state index contributed by atoms with van der Waals surface area (Å²) in [6.45, 7) is 2.07. The molecule has 2 N–H and O–H groups in total. The molecular weight excluding hydrogens is 186 g/mol. The first-order chi connectivity index (χ1) is 7.27. The molecule has 0 unspecified atom stereocenters. The normalized spacial score (nSPS) is 26.3. The Bertz CT molecular complexity index is 324. The summed E-state index contributed by atoms with van der Waals surface area (Å²) in [4.78, 5) is 0. The third-order valence-electron chi connectivity index (χ3n) is 3.13. The molecule has 0 aromatic heterocycles. The highest BCUT2D eigenvalue weighted by atomic mass is 16.5. The molecule has 1 aromatic rings. The molecule has 82 valence electrons. The zero-order chi connectivity index (χ0) is 10.7. The van der Waals surface area contributed by atoms with Gasteiger partial charge in [0, 0.05) is 6.04 Å². The predicted molar refractivity (Wildman–Crippen MR) is 62.0 cm³/mol. The predicted octanol–water partition coefficient (Wildman–Crippen LogP) is 2.64. The zero-order valence-electron chi connectivity index (χ0n) is 9.28. The van der Waals surface area contributed by atoms with Crippen LogP contribution >= 0.6 is 0 Å². The minimum atomic E-state index is 0.207. The van der Waals surface area contributed by atoms with Crippen LogP contribution in [0.1, 0.15) is 31.2 Å². The molecule has 0 aliphatic heterocycles. The van der Waals surface area contributed by atoms with Gasteiger partial charge in [0.2, 0.25) is 0 Å². The van der Waals surface area contributed by atoms with Crippen molar-refractivity contribution in [2.24, 2.45) is 5.73 Å². The van der Waals surface area contributed by atoms with Crippen LogP contribution < -0.4 is 10.5 Å². The summed E-state index contributed by atoms with van der Waals surface area (Å²) >= 11 is 0. The minimum absolute atomic E-state index is 0.207. The van der Waals surface area contributed by atoms with Gasteiger partial charge in [-0.1, -0.05) is 24.6 Å². The molecule has 2 rings (SSSR count). The second-order valence-electron chi connectivity index (χ2n) is 4.37. The molecular formula is C13H19NO. The second kappa shape index (κ2) is 4.67. The molecule has 1 fully saturated rings. The summed E-state index contributed by atoms with van der Waals surface area (Å²) in [5.41, 5.74) is 7.24. The molecule has 15 heavy (non-hydrogen) atoms. The van der Waals surface area contributed by atoms with E-state index in [0.29, 0.717) is 0 Å². The summed E-state index contributed by atoms with van der Waals surface area (Å²) in [7, 11) is 0. The smallest absolute Gasteiger partial charge is 0.122 e. The quantitative estimate of drug-likeness (QED) is 0.805. The topological polar surface area (TPSA) is 35.2 Å². The lowest BCUT2D eigenvalue weighted by atomic mass is 9.93. The SMILES string of the molecule is Cc1ccccc1O[C@H]1CCCC[C@@H]1N. The van der Waals surface area contributed by atoms with Crippen molar-refractivity contribution in [1.29, 1.82) is 0 Å². The largest absolute Gasteiger partial charge is 0.489 e. The van der Waals surface area contributed by atoms with Gasteiger partial charge < -0.3 is 10.5 Å². The van der Waals surface area contributed by atoms with Crippen LogP contribution in [-0.4, -0.2) is 12.1 Å². The lowest BCUT2D eigenvalue weighted by Gasteiger charge is -2.29. The fraction of sp³-hybridized carbons (Fsp3) is 0.538. The van der Waals surface area contributed by atoms with E-state index in [4.69, 9.17) is 10.5 Å². The van der Waals surface area contributed by atoms with E-state index in [-0.39, 0.29) is 12.1 Å². The first-order valence-corrected chi connectivity index (χ1v) is 5.75. The van der Waals surface area contributed by atoms with Crippen molar-refractivity contribution >= 4 is 0 Å². The van der Waals surface area contributed by atoms with Crippen LogP contribution in [0.4, 0.5) is 0 Å². The molecule has 0 amide bonds. The first-order valence-electron chi connectivity index (χ1n) is 5.75. The van der Waals surface area contributed by atoms with E-state index in [2.05, 4.69) is 13.0 Å². The maximum atomic E-state index is 6.05. The van der Waals surface area contributed by atoms with E-state index < -0.39 is 0 Å². The molecule has 1 aromatic carbocycles. The van der Waals surface area contributed by atoms with Crippen molar-refractivity contribution in [2.45, 2.75) is 44.8 Å². The summed E-state index contributed by atoms with van der Waals surface area (Å²) in [6, 6.07) is 8.35. The molecule has 1 aliphatic carbocycles. The van der Waals surface area contributed by atoms with Crippen LogP contribution in [0.5, 0.6) is 5.75 Å². The molecule has 2 atom stereocenters. The standard InChI is InChI=1S/C13H19NO/c1-10-6-2-4-8-12(10)15-13-9-5-3-7-11(13)14/h2,4,6,8,11,13H,3,5,7,9,14H2,1H3/t11-,13-/m0/s1. The van der Waals surface area contributed by atoms with Crippen molar-refractivity contribution in [3.8, 4) is 5.75 Å². The van der Waals surface area contributed by atoms with Crippen molar-refractivity contribution in [2.75, 3.05) is 0 Å². The van der Waals surface area contributed by atoms with Gasteiger partial charge in [-0.3, -0.25) is 0 Å². The lowest BCUT2D eigenvalue weighted by molar-refractivity contribution is 0.131. The highest BCUT2D eigenvalue weighted by Gasteiger charge is 2.23. The molecule has 0 radical (unpaired) electrons. The molecule has 0 heterocycles. The summed E-state index contributed by atoms with van der Waals surface area (Å²) in [5, 5.41) is 0. The summed E-state index contributed by atoms with van der Waals surface area (Å²) < 4.78 is 5.97. The molecule has 0 saturated heterocycles. The lowest BCUT2D eigenvalue weighted by Crippen LogP contribution is -2.41. The van der Waals surface area contributed by atoms with Gasteiger partial charge in [-0.2, -0.15) is 0 Å². The van der Waals surface area contributed by atoms with E-state index in [9.17, 15) is 0 Å². The Morgan fingerprint density at radius 1 is 1.20 bits per heavy atom. The van der Waals surface area contributed by atoms with Crippen molar-refractivity contribution in [3.05, 3.63) is 29.8 Å². The van der Waals surface area contributed by atoms with E-state index >= 15 is 0 Å². The number of aryl methyl sites for hydroxylation is 1. The number of ether oxygens (including phenoxy) is 1. The van der Waals surface area contributed by atoms with Gasteiger partial charge in [-0.25, -0.2) is 0 Å². The van der Waals surface area contributed by atoms with E-state index in [0.717, 1.165) is 18.6 Å². The number of rotatable bonds is 2. The third-order valence-corrected chi connectivity index (χ3v) is 3.13. The number of para-hydroxylation sites is 1. The Morgan fingerprint density at radius 2 is 1.93 bits per heavy atom. The average molecular weight is 205 g/mol. The fourth-order valence-corrected chi connectivity index (χ4v) is 2.12. The van der Waals surface area contributed by atoms with Gasteiger partial charge in [0.25, 0.3) is 0 Å². The average Bonchev–Trinajstić information content (AvgIpc) is 2.24. The minimum Gasteiger partial charge on any atom is -0.489 e. The van der Waals surface area contributed by atoms with Crippen LogP contribution in [0.2, 0.25) is 0 Å². The monoisotopic (exact) mass is 205 g/mol. The van der Waals surface area contributed by atoms with Gasteiger partial charge in [0.05, 0.1) is 0 Å². The Hall–Kier alpha value is -1.02. The van der Waals surface area contributed by atoms with Crippen LogP contribution in [0.15, 0.2) is 24.3 Å². The van der Waals surface area contributed by atoms with Crippen molar-refractivity contribution < 1.29 is 4.74 Å². The molecule has 1 aliphatic rings. The number of hydrogen-bond donors (Lipinski definition) is 1. The van der Waals surface area contributed by atoms with Crippen LogP contribution in [0.25, 0.3) is 0 Å². The van der Waals surface area contributed by atoms with Gasteiger partial charge in [0.15, 0.2) is 0 Å². The highest BCUT2D eigenvalue weighted by Crippen LogP contribution is 2.24.